The Morgan fingerprint density at radius 1 is 0.688 bits per heavy atom. The minimum Gasteiger partial charge on any atom is -0.481 e. The summed E-state index contributed by atoms with van der Waals surface area (Å²) in [6.07, 6.45) is 11.4. The molecule has 0 aliphatic carbocycles. The highest BCUT2D eigenvalue weighted by atomic mass is 16.4. The van der Waals surface area contributed by atoms with Crippen LogP contribution < -0.4 is 32.3 Å². The van der Waals surface area contributed by atoms with Crippen molar-refractivity contribution in [3.63, 3.8) is 0 Å². The summed E-state index contributed by atoms with van der Waals surface area (Å²) >= 11 is 0. The van der Waals surface area contributed by atoms with E-state index in [1.54, 1.807) is 0 Å². The van der Waals surface area contributed by atoms with Gasteiger partial charge in [-0.05, 0) is 39.3 Å². The molecule has 0 aliphatic rings. The van der Waals surface area contributed by atoms with Gasteiger partial charge in [0.05, 0.1) is 50.5 Å². The zero-order chi connectivity index (χ0) is 48.3. The number of hydrogen-bond donors (Lipinski definition) is 8. The van der Waals surface area contributed by atoms with Crippen LogP contribution in [-0.2, 0) is 47.9 Å². The molecule has 0 radical (unpaired) electrons. The Morgan fingerprint density at radius 3 is 1.77 bits per heavy atom. The van der Waals surface area contributed by atoms with Gasteiger partial charge in [-0.1, -0.05) is 104 Å². The molecule has 0 rings (SSSR count). The monoisotopic (exact) mass is 909 g/mol. The van der Waals surface area contributed by atoms with Gasteiger partial charge in [0, 0.05) is 19.9 Å². The van der Waals surface area contributed by atoms with E-state index in [4.69, 9.17) is 5.73 Å². The summed E-state index contributed by atoms with van der Waals surface area (Å²) in [5.41, 5.74) is 2.90. The van der Waals surface area contributed by atoms with Gasteiger partial charge in [-0.2, -0.15) is 0 Å². The van der Waals surface area contributed by atoms with Gasteiger partial charge in [-0.25, -0.2) is 0 Å². The summed E-state index contributed by atoms with van der Waals surface area (Å²) in [5, 5.41) is 31.6. The molecule has 0 spiro atoms. The van der Waals surface area contributed by atoms with Gasteiger partial charge in [0.1, 0.15) is 0 Å². The number of hydrogen-bond acceptors (Lipinski definition) is 14. The second-order valence-electron chi connectivity index (χ2n) is 15.9. The van der Waals surface area contributed by atoms with E-state index in [1.165, 1.54) is 26.9 Å². The maximum absolute atomic E-state index is 15.1. The first-order chi connectivity index (χ1) is 30.6. The normalized spacial score (nSPS) is 13.5. The predicted molar refractivity (Wildman–Crippen MR) is 241 cm³/mol. The third-order valence-corrected chi connectivity index (χ3v) is 10.6. The number of carboxylic acid groups (broad SMARTS) is 2. The smallest absolute Gasteiger partial charge is 0.303 e. The highest BCUT2D eigenvalue weighted by Gasteiger charge is 2.58. The molecule has 0 aliphatic heterocycles. The molecule has 0 saturated heterocycles. The number of carboxylic acids is 2. The Kier molecular flexibility index (Phi) is 32.7. The average molecular weight is 909 g/mol. The Balaban J connectivity index is 7.49. The number of aliphatic imine (C=N–C) groups is 1. The van der Waals surface area contributed by atoms with Gasteiger partial charge in [0.25, 0.3) is 5.91 Å². The van der Waals surface area contributed by atoms with Gasteiger partial charge >= 0.3 is 11.9 Å². The number of ketones is 3. The molecule has 0 aromatic rings. The molecule has 0 heterocycles. The zero-order valence-corrected chi connectivity index (χ0v) is 38.5. The van der Waals surface area contributed by atoms with Gasteiger partial charge < -0.3 is 47.4 Å². The number of amides is 4. The number of aliphatic carboxylic acids is 2. The van der Waals surface area contributed by atoms with E-state index in [9.17, 15) is 53.4 Å². The van der Waals surface area contributed by atoms with Crippen LogP contribution in [-0.4, -0.2) is 151 Å². The molecule has 20 heteroatoms. The van der Waals surface area contributed by atoms with Crippen molar-refractivity contribution in [3.8, 4) is 0 Å². The number of nitrogens with zero attached hydrogens (tertiary/aromatic N) is 2. The molecule has 364 valence electrons. The molecule has 0 fully saturated rings. The standard InChI is InChI=1S/C44H76N8O12/c1-5-7-9-11-13-15-17-19-25-48-29-38(57)51-33(22-24-41(61)62)43(64)44(31-53,35(54)26-49-36(55)27-46-3)52(39(58)30-50-37(56)28-47-4)34(20-18-16-14-12-10-8-6-2)42(63)32(45)21-23-40(59)60/h27,31-34,47-48H,5-26,28-30,45H2,1-4H3,(H,49,55)(H,50,56)(H,51,57)(H,59,60)(H,61,62). The van der Waals surface area contributed by atoms with Crippen LogP contribution in [0.3, 0.4) is 0 Å². The molecule has 64 heavy (non-hydrogen) atoms. The largest absolute Gasteiger partial charge is 0.481 e. The Bertz CT molecular complexity index is 1530. The van der Waals surface area contributed by atoms with E-state index in [2.05, 4.69) is 45.4 Å². The van der Waals surface area contributed by atoms with Crippen LogP contribution in [0.1, 0.15) is 142 Å². The molecule has 4 unspecified atom stereocenters. The number of nitrogens with two attached hydrogens (primary N) is 1. The SMILES string of the molecule is CCCCCCCCCCNCC(=O)NC(CCC(=O)O)C(=O)C(C=O)(C(=O)CNC(=O)C=NC)N(C(=O)CNC(=O)CNC)C(CCCCCCCCC)C(=O)C(N)CCC(=O)O. The van der Waals surface area contributed by atoms with Crippen molar-refractivity contribution >= 4 is 65.4 Å². The summed E-state index contributed by atoms with van der Waals surface area (Å²) in [7, 11) is 2.71. The number of carbonyl (C=O) groups is 10. The molecule has 0 bridgehead atoms. The summed E-state index contributed by atoms with van der Waals surface area (Å²) < 4.78 is 0. The average Bonchev–Trinajstić information content (AvgIpc) is 3.26. The third kappa shape index (κ3) is 23.7. The molecule has 0 aromatic heterocycles. The predicted octanol–water partition coefficient (Wildman–Crippen LogP) is 1.39. The molecule has 0 aromatic carbocycles. The maximum Gasteiger partial charge on any atom is 0.303 e. The molecule has 20 nitrogen and oxygen atoms in total. The van der Waals surface area contributed by atoms with Gasteiger partial charge in [0.15, 0.2) is 23.6 Å². The number of unbranched alkanes of at least 4 members (excludes halogenated alkanes) is 13. The first-order valence-electron chi connectivity index (χ1n) is 22.8. The minimum absolute atomic E-state index is 0.189. The van der Waals surface area contributed by atoms with Crippen LogP contribution >= 0.6 is 0 Å². The lowest BCUT2D eigenvalue weighted by Gasteiger charge is -2.44. The van der Waals surface area contributed by atoms with E-state index in [0.29, 0.717) is 24.3 Å². The highest BCUT2D eigenvalue weighted by Crippen LogP contribution is 2.28. The Labute approximate surface area is 377 Å². The summed E-state index contributed by atoms with van der Waals surface area (Å²) in [4.78, 5) is 139. The fourth-order valence-electron chi connectivity index (χ4n) is 7.13. The Hall–Kier alpha value is -4.95. The van der Waals surface area contributed by atoms with Crippen LogP contribution in [0.5, 0.6) is 0 Å². The third-order valence-electron chi connectivity index (χ3n) is 10.6. The number of nitrogens with one attached hydrogen (secondary N) is 5. The van der Waals surface area contributed by atoms with E-state index in [-0.39, 0.29) is 32.2 Å². The van der Waals surface area contributed by atoms with Crippen molar-refractivity contribution in [2.75, 3.05) is 46.8 Å². The van der Waals surface area contributed by atoms with Crippen molar-refractivity contribution in [2.24, 2.45) is 10.7 Å². The molecule has 4 atom stereocenters. The first kappa shape index (κ1) is 59.0. The van der Waals surface area contributed by atoms with Crippen LogP contribution in [0.25, 0.3) is 0 Å². The number of carbonyl (C=O) groups excluding carboxylic acids is 8. The maximum atomic E-state index is 15.1. The zero-order valence-electron chi connectivity index (χ0n) is 38.5. The van der Waals surface area contributed by atoms with E-state index < -0.39 is 115 Å². The molecular weight excluding hydrogens is 833 g/mol. The first-order valence-corrected chi connectivity index (χ1v) is 22.8. The number of likely N-dealkylation sites (N-methyl/N-ethyl adjacent to an activating group) is 1. The molecule has 4 amide bonds. The van der Waals surface area contributed by atoms with Gasteiger partial charge in [0.2, 0.25) is 23.3 Å². The molecule has 0 saturated carbocycles. The van der Waals surface area contributed by atoms with Crippen molar-refractivity contribution in [1.82, 2.24) is 31.5 Å². The quantitative estimate of drug-likeness (QED) is 0.0186. The van der Waals surface area contributed by atoms with E-state index in [0.717, 1.165) is 70.4 Å². The van der Waals surface area contributed by atoms with Gasteiger partial charge in [-0.3, -0.25) is 52.9 Å². The topological polar surface area (TPSA) is 313 Å². The van der Waals surface area contributed by atoms with Crippen molar-refractivity contribution < 1.29 is 58.2 Å². The van der Waals surface area contributed by atoms with Crippen LogP contribution in [0.2, 0.25) is 0 Å². The van der Waals surface area contributed by atoms with Gasteiger partial charge in [-0.15, -0.1) is 0 Å². The van der Waals surface area contributed by atoms with E-state index in [1.807, 2.05) is 0 Å². The molecule has 9 N–H and O–H groups in total. The number of Topliss-reactive ketones (excluding diaryl/α,β-unsaturated/α-hetero) is 3. The molecular formula is C44H76N8O12. The minimum atomic E-state index is -3.35. The number of aldehydes is 1. The summed E-state index contributed by atoms with van der Waals surface area (Å²) in [5.74, 6) is -10.4. The summed E-state index contributed by atoms with van der Waals surface area (Å²) in [6, 6.07) is -5.40. The lowest BCUT2D eigenvalue weighted by molar-refractivity contribution is -0.162. The van der Waals surface area contributed by atoms with Crippen LogP contribution in [0.15, 0.2) is 4.99 Å². The van der Waals surface area contributed by atoms with Crippen molar-refractivity contribution in [2.45, 2.75) is 166 Å². The van der Waals surface area contributed by atoms with Crippen molar-refractivity contribution in [1.29, 1.82) is 0 Å². The Morgan fingerprint density at radius 2 is 1.23 bits per heavy atom. The fourth-order valence-corrected chi connectivity index (χ4v) is 7.13. The second kappa shape index (κ2) is 35.4. The van der Waals surface area contributed by atoms with Crippen molar-refractivity contribution in [3.05, 3.63) is 0 Å². The second-order valence-corrected chi connectivity index (χ2v) is 15.9. The van der Waals surface area contributed by atoms with E-state index >= 15 is 4.79 Å². The van der Waals surface area contributed by atoms with Crippen LogP contribution in [0.4, 0.5) is 0 Å². The van der Waals surface area contributed by atoms with Crippen LogP contribution in [0, 0.1) is 0 Å². The lowest BCUT2D eigenvalue weighted by atomic mass is 9.80. The highest BCUT2D eigenvalue weighted by molar-refractivity contribution is 6.30. The lowest BCUT2D eigenvalue weighted by Crippen LogP contribution is -2.73. The summed E-state index contributed by atoms with van der Waals surface area (Å²) in [6.45, 7) is 1.92. The number of rotatable bonds is 41. The fraction of sp³-hybridized carbons (Fsp3) is 0.750.